The Bertz CT molecular complexity index is 2710. The van der Waals surface area contributed by atoms with Crippen molar-refractivity contribution < 1.29 is 8.83 Å². The van der Waals surface area contributed by atoms with Crippen LogP contribution in [-0.2, 0) is 0 Å². The molecule has 0 aliphatic carbocycles. The number of fused-ring (bicyclic) bond motifs is 6. The van der Waals surface area contributed by atoms with Gasteiger partial charge in [-0.15, -0.1) is 0 Å². The lowest BCUT2D eigenvalue weighted by molar-refractivity contribution is 0.666. The summed E-state index contributed by atoms with van der Waals surface area (Å²) in [6.45, 7) is 0. The van der Waals surface area contributed by atoms with Crippen molar-refractivity contribution in [1.82, 2.24) is 24.9 Å². The third-order valence-electron chi connectivity index (χ3n) is 9.22. The summed E-state index contributed by atoms with van der Waals surface area (Å²) in [5.41, 5.74) is 11.7. The Balaban J connectivity index is 0.968. The zero-order valence-electron chi connectivity index (χ0n) is 26.5. The maximum absolute atomic E-state index is 5.99. The Morgan fingerprint density at radius 3 is 1.26 bits per heavy atom. The summed E-state index contributed by atoms with van der Waals surface area (Å²) in [6, 6.07) is 41.7. The summed E-state index contributed by atoms with van der Waals surface area (Å²) in [5, 5.41) is 4.25. The molecule has 234 valence electrons. The number of furan rings is 2. The van der Waals surface area contributed by atoms with Crippen LogP contribution in [0.25, 0.3) is 100 Å². The molecule has 10 rings (SSSR count). The number of hydrogen-bond donors (Lipinski definition) is 0. The summed E-state index contributed by atoms with van der Waals surface area (Å²) in [6.07, 6.45) is 8.69. The third kappa shape index (κ3) is 4.79. The van der Waals surface area contributed by atoms with Gasteiger partial charge >= 0.3 is 0 Å². The van der Waals surface area contributed by atoms with Gasteiger partial charge in [0.15, 0.2) is 22.8 Å². The van der Waals surface area contributed by atoms with Gasteiger partial charge in [0.25, 0.3) is 0 Å². The monoisotopic (exact) mass is 643 g/mol. The molecule has 10 aromatic rings. The van der Waals surface area contributed by atoms with E-state index in [1.165, 1.54) is 0 Å². The Morgan fingerprint density at radius 1 is 0.360 bits per heavy atom. The van der Waals surface area contributed by atoms with Crippen LogP contribution in [0, 0.1) is 0 Å². The molecule has 0 fully saturated rings. The van der Waals surface area contributed by atoms with Crippen LogP contribution in [0.1, 0.15) is 0 Å². The Kier molecular flexibility index (Phi) is 6.35. The van der Waals surface area contributed by atoms with Crippen molar-refractivity contribution in [2.24, 2.45) is 0 Å². The lowest BCUT2D eigenvalue weighted by Gasteiger charge is -2.09. The topological polar surface area (TPSA) is 90.7 Å². The molecular formula is C43H25N5O2. The first kappa shape index (κ1) is 28.1. The highest BCUT2D eigenvalue weighted by molar-refractivity contribution is 6.07. The van der Waals surface area contributed by atoms with Gasteiger partial charge in [0.1, 0.15) is 17.5 Å². The molecule has 0 bridgehead atoms. The van der Waals surface area contributed by atoms with E-state index in [4.69, 9.17) is 13.8 Å². The fraction of sp³-hybridized carbons (Fsp3) is 0. The van der Waals surface area contributed by atoms with Crippen molar-refractivity contribution >= 4 is 43.9 Å². The summed E-state index contributed by atoms with van der Waals surface area (Å²) in [7, 11) is 0. The quantitative estimate of drug-likeness (QED) is 0.184. The van der Waals surface area contributed by atoms with Crippen molar-refractivity contribution in [2.75, 3.05) is 0 Å². The fourth-order valence-electron chi connectivity index (χ4n) is 6.75. The second kappa shape index (κ2) is 11.3. The van der Waals surface area contributed by atoms with Gasteiger partial charge in [0, 0.05) is 45.1 Å². The molecule has 0 aliphatic heterocycles. The zero-order chi connectivity index (χ0) is 33.0. The van der Waals surface area contributed by atoms with Crippen LogP contribution in [0.2, 0.25) is 0 Å². The van der Waals surface area contributed by atoms with Crippen LogP contribution in [0.4, 0.5) is 0 Å². The molecule has 7 nitrogen and oxygen atoms in total. The summed E-state index contributed by atoms with van der Waals surface area (Å²) in [4.78, 5) is 22.4. The molecule has 5 aromatic carbocycles. The Hall–Kier alpha value is -6.99. The molecule has 0 unspecified atom stereocenters. The molecule has 0 saturated heterocycles. The smallest absolute Gasteiger partial charge is 0.163 e. The molecule has 0 aliphatic rings. The maximum atomic E-state index is 5.99. The van der Waals surface area contributed by atoms with Gasteiger partial charge < -0.3 is 8.83 Å². The summed E-state index contributed by atoms with van der Waals surface area (Å²) in [5.74, 6) is 1.23. The van der Waals surface area contributed by atoms with Gasteiger partial charge in [0.05, 0.1) is 12.4 Å². The average molecular weight is 644 g/mol. The van der Waals surface area contributed by atoms with Crippen LogP contribution < -0.4 is 0 Å². The lowest BCUT2D eigenvalue weighted by Crippen LogP contribution is -1.95. The van der Waals surface area contributed by atoms with Crippen molar-refractivity contribution in [3.8, 4) is 56.2 Å². The first-order chi connectivity index (χ1) is 24.7. The van der Waals surface area contributed by atoms with Crippen molar-refractivity contribution in [1.29, 1.82) is 0 Å². The van der Waals surface area contributed by atoms with Gasteiger partial charge in [-0.3, -0.25) is 9.97 Å². The highest BCUT2D eigenvalue weighted by Gasteiger charge is 2.13. The summed E-state index contributed by atoms with van der Waals surface area (Å²) < 4.78 is 12.0. The Morgan fingerprint density at radius 2 is 0.780 bits per heavy atom. The van der Waals surface area contributed by atoms with E-state index in [0.717, 1.165) is 88.4 Å². The molecule has 0 spiro atoms. The van der Waals surface area contributed by atoms with Crippen molar-refractivity contribution in [3.05, 3.63) is 152 Å². The predicted molar refractivity (Wildman–Crippen MR) is 197 cm³/mol. The SMILES string of the molecule is c1cc(-c2cccc(-c3ncnc(-c4cccc(-c5ccc6oc7cnccc7c6c5)c4)n3)c2)cc(-c2ccc3oc4cnccc4c3c2)c1. The van der Waals surface area contributed by atoms with Gasteiger partial charge in [-0.05, 0) is 88.0 Å². The molecule has 5 heterocycles. The van der Waals surface area contributed by atoms with Gasteiger partial charge in [0.2, 0.25) is 0 Å². The molecule has 7 heteroatoms. The van der Waals surface area contributed by atoms with E-state index < -0.39 is 0 Å². The second-order valence-corrected chi connectivity index (χ2v) is 12.2. The van der Waals surface area contributed by atoms with E-state index in [2.05, 4.69) is 92.7 Å². The van der Waals surface area contributed by atoms with E-state index >= 15 is 0 Å². The molecular weight excluding hydrogens is 619 g/mol. The third-order valence-corrected chi connectivity index (χ3v) is 9.22. The van der Waals surface area contributed by atoms with E-state index in [9.17, 15) is 0 Å². The second-order valence-electron chi connectivity index (χ2n) is 12.2. The minimum Gasteiger partial charge on any atom is -0.454 e. The minimum absolute atomic E-state index is 0.614. The summed E-state index contributed by atoms with van der Waals surface area (Å²) >= 11 is 0. The standard InChI is InChI=1S/C43H25N5O2/c1-4-26(18-27(5-1)30-10-12-38-36(21-30)34-14-16-44-23-40(34)49-38)28-6-2-8-32(19-28)42-46-25-47-43(48-42)33-9-3-7-29(20-33)31-11-13-39-37(22-31)35-15-17-45-24-41(35)50-39/h1-25H. The van der Waals surface area contributed by atoms with E-state index in [0.29, 0.717) is 11.6 Å². The largest absolute Gasteiger partial charge is 0.454 e. The molecule has 0 saturated carbocycles. The predicted octanol–water partition coefficient (Wildman–Crippen LogP) is 10.8. The van der Waals surface area contributed by atoms with Gasteiger partial charge in [-0.1, -0.05) is 66.7 Å². The van der Waals surface area contributed by atoms with Crippen LogP contribution in [0.5, 0.6) is 0 Å². The fourth-order valence-corrected chi connectivity index (χ4v) is 6.75. The number of hydrogen-bond acceptors (Lipinski definition) is 7. The van der Waals surface area contributed by atoms with Crippen LogP contribution in [0.15, 0.2) is 161 Å². The minimum atomic E-state index is 0.614. The number of nitrogens with zero attached hydrogens (tertiary/aromatic N) is 5. The number of benzene rings is 5. The molecule has 0 radical (unpaired) electrons. The molecule has 0 amide bonds. The van der Waals surface area contributed by atoms with Crippen molar-refractivity contribution in [2.45, 2.75) is 0 Å². The first-order valence-electron chi connectivity index (χ1n) is 16.3. The first-order valence-corrected chi connectivity index (χ1v) is 16.3. The van der Waals surface area contributed by atoms with Crippen LogP contribution in [-0.4, -0.2) is 24.9 Å². The van der Waals surface area contributed by atoms with E-state index in [-0.39, 0.29) is 0 Å². The molecule has 50 heavy (non-hydrogen) atoms. The molecule has 5 aromatic heterocycles. The van der Waals surface area contributed by atoms with Crippen LogP contribution >= 0.6 is 0 Å². The number of pyridine rings is 2. The van der Waals surface area contributed by atoms with Crippen LogP contribution in [0.3, 0.4) is 0 Å². The molecule has 0 atom stereocenters. The highest BCUT2D eigenvalue weighted by atomic mass is 16.3. The number of aromatic nitrogens is 5. The maximum Gasteiger partial charge on any atom is 0.163 e. The average Bonchev–Trinajstić information content (AvgIpc) is 3.76. The van der Waals surface area contributed by atoms with Gasteiger partial charge in [-0.2, -0.15) is 0 Å². The Labute approximate surface area is 285 Å². The number of rotatable bonds is 5. The zero-order valence-corrected chi connectivity index (χ0v) is 26.5. The lowest BCUT2D eigenvalue weighted by atomic mass is 9.97. The van der Waals surface area contributed by atoms with E-state index in [1.54, 1.807) is 31.1 Å². The molecule has 0 N–H and O–H groups in total. The van der Waals surface area contributed by atoms with Crippen molar-refractivity contribution in [3.63, 3.8) is 0 Å². The van der Waals surface area contributed by atoms with E-state index in [1.807, 2.05) is 48.5 Å². The normalized spacial score (nSPS) is 11.6. The van der Waals surface area contributed by atoms with Gasteiger partial charge in [-0.25, -0.2) is 15.0 Å². The highest BCUT2D eigenvalue weighted by Crippen LogP contribution is 2.35.